The van der Waals surface area contributed by atoms with E-state index in [4.69, 9.17) is 9.47 Å². The van der Waals surface area contributed by atoms with E-state index in [-0.39, 0.29) is 23.6 Å². The van der Waals surface area contributed by atoms with Crippen molar-refractivity contribution in [3.8, 4) is 0 Å². The van der Waals surface area contributed by atoms with Crippen molar-refractivity contribution in [2.45, 2.75) is 44.9 Å². The molecule has 1 aromatic rings. The molecule has 2 atom stereocenters. The summed E-state index contributed by atoms with van der Waals surface area (Å²) in [4.78, 5) is 42.3. The lowest BCUT2D eigenvalue weighted by Gasteiger charge is -2.40. The number of imide groups is 1. The van der Waals surface area contributed by atoms with E-state index in [0.29, 0.717) is 56.7 Å². The Morgan fingerprint density at radius 2 is 1.61 bits per heavy atom. The van der Waals surface area contributed by atoms with Crippen molar-refractivity contribution in [1.82, 2.24) is 9.80 Å². The summed E-state index contributed by atoms with van der Waals surface area (Å²) in [6, 6.07) is 5.97. The summed E-state index contributed by atoms with van der Waals surface area (Å²) in [7, 11) is 0. The van der Waals surface area contributed by atoms with Crippen LogP contribution >= 0.6 is 0 Å². The van der Waals surface area contributed by atoms with Gasteiger partial charge in [0.1, 0.15) is 6.04 Å². The molecule has 7 nitrogen and oxygen atoms in total. The minimum Gasteiger partial charge on any atom is -0.347 e. The van der Waals surface area contributed by atoms with Gasteiger partial charge in [0.15, 0.2) is 5.79 Å². The third-order valence-corrected chi connectivity index (χ3v) is 6.19. The molecule has 2 fully saturated rings. The second-order valence-corrected chi connectivity index (χ2v) is 7.79. The molecule has 150 valence electrons. The topological polar surface area (TPSA) is 76.2 Å². The molecule has 0 saturated carbocycles. The smallest absolute Gasteiger partial charge is 0.262 e. The van der Waals surface area contributed by atoms with Gasteiger partial charge in [0.2, 0.25) is 5.91 Å². The molecule has 1 spiro atoms. The Morgan fingerprint density at radius 1 is 1.07 bits per heavy atom. The van der Waals surface area contributed by atoms with Crippen LogP contribution in [0.2, 0.25) is 0 Å². The average Bonchev–Trinajstić information content (AvgIpc) is 3.27. The molecule has 2 saturated heterocycles. The van der Waals surface area contributed by atoms with Crippen molar-refractivity contribution in [2.24, 2.45) is 5.92 Å². The third-order valence-electron chi connectivity index (χ3n) is 6.19. The van der Waals surface area contributed by atoms with E-state index < -0.39 is 11.8 Å². The zero-order valence-corrected chi connectivity index (χ0v) is 16.3. The molecule has 0 bridgehead atoms. The van der Waals surface area contributed by atoms with Crippen LogP contribution in [-0.4, -0.2) is 65.7 Å². The minimum absolute atomic E-state index is 0.135. The standard InChI is InChI=1S/C21H26N2O5/c1-3-14(2)17(23-18(24)15-6-4-5-7-16(15)19(23)25)20(26)22-10-8-21(9-11-22)27-12-13-28-21/h4-7,14,17H,3,8-13H2,1-2H3. The van der Waals surface area contributed by atoms with Crippen LogP contribution in [0.1, 0.15) is 53.8 Å². The zero-order chi connectivity index (χ0) is 19.9. The Balaban J connectivity index is 1.57. The highest BCUT2D eigenvalue weighted by atomic mass is 16.7. The summed E-state index contributed by atoms with van der Waals surface area (Å²) in [6.45, 7) is 6.04. The first-order valence-corrected chi connectivity index (χ1v) is 10.0. The van der Waals surface area contributed by atoms with Gasteiger partial charge in [-0.05, 0) is 18.1 Å². The number of likely N-dealkylation sites (tertiary alicyclic amines) is 1. The Morgan fingerprint density at radius 3 is 2.11 bits per heavy atom. The maximum absolute atomic E-state index is 13.4. The normalized spacial score (nSPS) is 23.2. The third kappa shape index (κ3) is 3.02. The summed E-state index contributed by atoms with van der Waals surface area (Å²) in [5.74, 6) is -1.63. The van der Waals surface area contributed by atoms with E-state index >= 15 is 0 Å². The fourth-order valence-corrected chi connectivity index (χ4v) is 4.33. The quantitative estimate of drug-likeness (QED) is 0.741. The molecule has 2 unspecified atom stereocenters. The van der Waals surface area contributed by atoms with E-state index in [0.717, 1.165) is 0 Å². The van der Waals surface area contributed by atoms with Gasteiger partial charge in [-0.3, -0.25) is 19.3 Å². The summed E-state index contributed by atoms with van der Waals surface area (Å²) >= 11 is 0. The molecule has 3 heterocycles. The van der Waals surface area contributed by atoms with Crippen molar-refractivity contribution in [3.63, 3.8) is 0 Å². The number of hydrogen-bond acceptors (Lipinski definition) is 5. The molecule has 0 radical (unpaired) electrons. The lowest BCUT2D eigenvalue weighted by Crippen LogP contribution is -2.57. The second-order valence-electron chi connectivity index (χ2n) is 7.79. The molecule has 7 heteroatoms. The Kier molecular flexibility index (Phi) is 4.97. The number of piperidine rings is 1. The molecular weight excluding hydrogens is 360 g/mol. The van der Waals surface area contributed by atoms with Crippen molar-refractivity contribution < 1.29 is 23.9 Å². The van der Waals surface area contributed by atoms with Crippen molar-refractivity contribution in [3.05, 3.63) is 35.4 Å². The van der Waals surface area contributed by atoms with E-state index in [1.807, 2.05) is 13.8 Å². The number of amides is 3. The van der Waals surface area contributed by atoms with Crippen LogP contribution in [0.15, 0.2) is 24.3 Å². The van der Waals surface area contributed by atoms with Gasteiger partial charge in [-0.15, -0.1) is 0 Å². The zero-order valence-electron chi connectivity index (χ0n) is 16.3. The van der Waals surface area contributed by atoms with Gasteiger partial charge in [0, 0.05) is 25.9 Å². The monoisotopic (exact) mass is 386 g/mol. The van der Waals surface area contributed by atoms with Gasteiger partial charge in [0.05, 0.1) is 24.3 Å². The Labute approximate surface area is 164 Å². The number of carbonyl (C=O) groups is 3. The first-order valence-electron chi connectivity index (χ1n) is 10.0. The summed E-state index contributed by atoms with van der Waals surface area (Å²) in [6.07, 6.45) is 1.90. The molecule has 3 amide bonds. The lowest BCUT2D eigenvalue weighted by molar-refractivity contribution is -0.188. The number of nitrogens with zero attached hydrogens (tertiary/aromatic N) is 2. The van der Waals surface area contributed by atoms with Gasteiger partial charge < -0.3 is 14.4 Å². The average molecular weight is 386 g/mol. The van der Waals surface area contributed by atoms with Crippen molar-refractivity contribution in [1.29, 1.82) is 0 Å². The minimum atomic E-state index is -0.795. The highest BCUT2D eigenvalue weighted by Gasteiger charge is 2.47. The summed E-state index contributed by atoms with van der Waals surface area (Å²) in [5.41, 5.74) is 0.748. The van der Waals surface area contributed by atoms with Gasteiger partial charge in [-0.25, -0.2) is 0 Å². The number of hydrogen-bond donors (Lipinski definition) is 0. The largest absolute Gasteiger partial charge is 0.347 e. The number of fused-ring (bicyclic) bond motifs is 1. The number of carbonyl (C=O) groups excluding carboxylic acids is 3. The molecular formula is C21H26N2O5. The molecule has 0 N–H and O–H groups in total. The first-order chi connectivity index (χ1) is 13.5. The molecule has 0 aliphatic carbocycles. The predicted octanol–water partition coefficient (Wildman–Crippen LogP) is 2.06. The number of ether oxygens (including phenoxy) is 2. The maximum atomic E-state index is 13.4. The van der Waals surface area contributed by atoms with Gasteiger partial charge in [0.25, 0.3) is 11.8 Å². The van der Waals surface area contributed by atoms with Crippen LogP contribution in [0, 0.1) is 5.92 Å². The maximum Gasteiger partial charge on any atom is 0.262 e. The predicted molar refractivity (Wildman–Crippen MR) is 101 cm³/mol. The summed E-state index contributed by atoms with van der Waals surface area (Å²) < 4.78 is 11.5. The molecule has 3 aliphatic heterocycles. The van der Waals surface area contributed by atoms with E-state index in [1.165, 1.54) is 4.90 Å². The van der Waals surface area contributed by atoms with E-state index in [2.05, 4.69) is 0 Å². The van der Waals surface area contributed by atoms with Gasteiger partial charge >= 0.3 is 0 Å². The van der Waals surface area contributed by atoms with E-state index in [1.54, 1.807) is 29.2 Å². The fourth-order valence-electron chi connectivity index (χ4n) is 4.33. The number of rotatable bonds is 4. The first kappa shape index (κ1) is 19.1. The SMILES string of the molecule is CCC(C)C(C(=O)N1CCC2(CC1)OCCO2)N1C(=O)c2ccccc2C1=O. The van der Waals surface area contributed by atoms with Gasteiger partial charge in [-0.1, -0.05) is 32.4 Å². The van der Waals surface area contributed by atoms with E-state index in [9.17, 15) is 14.4 Å². The van der Waals surface area contributed by atoms with Crippen LogP contribution < -0.4 is 0 Å². The van der Waals surface area contributed by atoms with Crippen molar-refractivity contribution >= 4 is 17.7 Å². The molecule has 28 heavy (non-hydrogen) atoms. The second kappa shape index (κ2) is 7.29. The Bertz CT molecular complexity index is 757. The lowest BCUT2D eigenvalue weighted by atomic mass is 9.94. The fraction of sp³-hybridized carbons (Fsp3) is 0.571. The molecule has 1 aromatic carbocycles. The summed E-state index contributed by atoms with van der Waals surface area (Å²) in [5, 5.41) is 0. The van der Waals surface area contributed by atoms with Crippen LogP contribution in [-0.2, 0) is 14.3 Å². The van der Waals surface area contributed by atoms with Crippen LogP contribution in [0.5, 0.6) is 0 Å². The van der Waals surface area contributed by atoms with Crippen LogP contribution in [0.4, 0.5) is 0 Å². The van der Waals surface area contributed by atoms with Crippen LogP contribution in [0.25, 0.3) is 0 Å². The highest BCUT2D eigenvalue weighted by molar-refractivity contribution is 6.22. The highest BCUT2D eigenvalue weighted by Crippen LogP contribution is 2.33. The molecule has 3 aliphatic rings. The molecule has 0 aromatic heterocycles. The number of benzene rings is 1. The van der Waals surface area contributed by atoms with Crippen LogP contribution in [0.3, 0.4) is 0 Å². The van der Waals surface area contributed by atoms with Gasteiger partial charge in [-0.2, -0.15) is 0 Å². The molecule has 4 rings (SSSR count). The Hall–Kier alpha value is -2.25. The van der Waals surface area contributed by atoms with Crippen molar-refractivity contribution in [2.75, 3.05) is 26.3 Å².